The van der Waals surface area contributed by atoms with Gasteiger partial charge in [-0.2, -0.15) is 5.10 Å². The van der Waals surface area contributed by atoms with E-state index in [-0.39, 0.29) is 0 Å². The van der Waals surface area contributed by atoms with Crippen LogP contribution in [0, 0.1) is 5.92 Å². The zero-order valence-electron chi connectivity index (χ0n) is 11.3. The molecule has 0 unspecified atom stereocenters. The molecule has 1 N–H and O–H groups in total. The molecule has 0 spiro atoms. The third-order valence-corrected chi connectivity index (χ3v) is 3.01. The van der Waals surface area contributed by atoms with Gasteiger partial charge in [0.15, 0.2) is 0 Å². The first kappa shape index (κ1) is 14.0. The fourth-order valence-electron chi connectivity index (χ4n) is 1.84. The molecule has 2 rings (SSSR count). The van der Waals surface area contributed by atoms with E-state index >= 15 is 0 Å². The first-order chi connectivity index (χ1) is 9.15. The van der Waals surface area contributed by atoms with Gasteiger partial charge in [-0.3, -0.25) is 0 Å². The SMILES string of the molecule is CC(C)Cn1ncnc1CNCc1ccc(Cl)cc1. The van der Waals surface area contributed by atoms with Gasteiger partial charge in [-0.25, -0.2) is 9.67 Å². The number of nitrogens with one attached hydrogen (secondary N) is 1. The number of rotatable bonds is 6. The maximum Gasteiger partial charge on any atom is 0.140 e. The summed E-state index contributed by atoms with van der Waals surface area (Å²) in [7, 11) is 0. The Hall–Kier alpha value is -1.39. The zero-order valence-corrected chi connectivity index (χ0v) is 12.1. The van der Waals surface area contributed by atoms with Crippen LogP contribution in [0.4, 0.5) is 0 Å². The van der Waals surface area contributed by atoms with Crippen molar-refractivity contribution >= 4 is 11.6 Å². The van der Waals surface area contributed by atoms with E-state index in [0.29, 0.717) is 5.92 Å². The summed E-state index contributed by atoms with van der Waals surface area (Å²) >= 11 is 5.85. The van der Waals surface area contributed by atoms with Crippen molar-refractivity contribution in [2.75, 3.05) is 0 Å². The van der Waals surface area contributed by atoms with Gasteiger partial charge in [0.1, 0.15) is 12.2 Å². The van der Waals surface area contributed by atoms with Crippen LogP contribution in [0.25, 0.3) is 0 Å². The Balaban J connectivity index is 1.85. The van der Waals surface area contributed by atoms with E-state index in [9.17, 15) is 0 Å². The molecule has 1 aromatic carbocycles. The van der Waals surface area contributed by atoms with Crippen LogP contribution >= 0.6 is 11.6 Å². The zero-order chi connectivity index (χ0) is 13.7. The van der Waals surface area contributed by atoms with E-state index in [4.69, 9.17) is 11.6 Å². The molecule has 0 aliphatic heterocycles. The molecule has 1 heterocycles. The maximum atomic E-state index is 5.85. The molecule has 0 aliphatic carbocycles. The lowest BCUT2D eigenvalue weighted by molar-refractivity contribution is 0.457. The Labute approximate surface area is 118 Å². The van der Waals surface area contributed by atoms with E-state index < -0.39 is 0 Å². The second kappa shape index (κ2) is 6.68. The molecule has 0 amide bonds. The summed E-state index contributed by atoms with van der Waals surface area (Å²) < 4.78 is 1.96. The smallest absolute Gasteiger partial charge is 0.140 e. The Bertz CT molecular complexity index is 504. The molecule has 0 saturated carbocycles. The van der Waals surface area contributed by atoms with Gasteiger partial charge in [0.05, 0.1) is 6.54 Å². The highest BCUT2D eigenvalue weighted by atomic mass is 35.5. The van der Waals surface area contributed by atoms with Gasteiger partial charge in [-0.05, 0) is 23.6 Å². The van der Waals surface area contributed by atoms with Crippen LogP contribution in [-0.2, 0) is 19.6 Å². The van der Waals surface area contributed by atoms with Crippen LogP contribution in [0.2, 0.25) is 5.02 Å². The van der Waals surface area contributed by atoms with Crippen molar-refractivity contribution in [1.82, 2.24) is 20.1 Å². The van der Waals surface area contributed by atoms with Crippen LogP contribution in [0.1, 0.15) is 25.2 Å². The van der Waals surface area contributed by atoms with Crippen molar-refractivity contribution in [3.05, 3.63) is 47.0 Å². The molecular weight excluding hydrogens is 260 g/mol. The summed E-state index contributed by atoms with van der Waals surface area (Å²) in [6, 6.07) is 7.85. The fourth-order valence-corrected chi connectivity index (χ4v) is 1.97. The van der Waals surface area contributed by atoms with Crippen molar-refractivity contribution in [3.8, 4) is 0 Å². The molecule has 4 nitrogen and oxygen atoms in total. The van der Waals surface area contributed by atoms with Crippen molar-refractivity contribution in [2.45, 2.75) is 33.5 Å². The molecule has 0 saturated heterocycles. The minimum atomic E-state index is 0.566. The number of nitrogens with zero attached hydrogens (tertiary/aromatic N) is 3. The molecule has 2 aromatic rings. The van der Waals surface area contributed by atoms with Gasteiger partial charge in [-0.15, -0.1) is 0 Å². The van der Waals surface area contributed by atoms with Gasteiger partial charge in [0, 0.05) is 18.1 Å². The highest BCUT2D eigenvalue weighted by Crippen LogP contribution is 2.09. The average Bonchev–Trinajstić information content (AvgIpc) is 2.78. The predicted molar refractivity (Wildman–Crippen MR) is 76.9 cm³/mol. The normalized spacial score (nSPS) is 11.2. The lowest BCUT2D eigenvalue weighted by atomic mass is 10.2. The third-order valence-electron chi connectivity index (χ3n) is 2.76. The van der Waals surface area contributed by atoms with Gasteiger partial charge in [-0.1, -0.05) is 37.6 Å². The maximum absolute atomic E-state index is 5.85. The van der Waals surface area contributed by atoms with E-state index in [1.54, 1.807) is 6.33 Å². The molecule has 1 aromatic heterocycles. The van der Waals surface area contributed by atoms with Gasteiger partial charge < -0.3 is 5.32 Å². The molecule has 0 radical (unpaired) electrons. The molecule has 0 atom stereocenters. The van der Waals surface area contributed by atoms with E-state index in [1.807, 2.05) is 28.9 Å². The second-order valence-electron chi connectivity index (χ2n) is 4.98. The largest absolute Gasteiger partial charge is 0.306 e. The van der Waals surface area contributed by atoms with Crippen LogP contribution in [0.3, 0.4) is 0 Å². The number of aromatic nitrogens is 3. The van der Waals surface area contributed by atoms with Crippen LogP contribution < -0.4 is 5.32 Å². The minimum absolute atomic E-state index is 0.566. The van der Waals surface area contributed by atoms with Crippen LogP contribution in [-0.4, -0.2) is 14.8 Å². The third kappa shape index (κ3) is 4.33. The molecule has 0 aliphatic rings. The molecule has 0 bridgehead atoms. The van der Waals surface area contributed by atoms with Gasteiger partial charge in [0.2, 0.25) is 0 Å². The number of halogens is 1. The van der Waals surface area contributed by atoms with Crippen LogP contribution in [0.15, 0.2) is 30.6 Å². The fraction of sp³-hybridized carbons (Fsp3) is 0.429. The first-order valence-electron chi connectivity index (χ1n) is 6.47. The molecule has 102 valence electrons. The Morgan fingerprint density at radius 2 is 1.95 bits per heavy atom. The molecule has 19 heavy (non-hydrogen) atoms. The van der Waals surface area contributed by atoms with Crippen molar-refractivity contribution < 1.29 is 0 Å². The topological polar surface area (TPSA) is 42.7 Å². The molecular formula is C14H19ClN4. The molecule has 5 heteroatoms. The average molecular weight is 279 g/mol. The highest BCUT2D eigenvalue weighted by Gasteiger charge is 2.05. The van der Waals surface area contributed by atoms with Gasteiger partial charge >= 0.3 is 0 Å². The highest BCUT2D eigenvalue weighted by molar-refractivity contribution is 6.30. The Kier molecular flexibility index (Phi) is 4.93. The lowest BCUT2D eigenvalue weighted by Gasteiger charge is -2.09. The van der Waals surface area contributed by atoms with Crippen molar-refractivity contribution in [3.63, 3.8) is 0 Å². The number of hydrogen-bond donors (Lipinski definition) is 1. The summed E-state index contributed by atoms with van der Waals surface area (Å²) in [5.41, 5.74) is 1.21. The summed E-state index contributed by atoms with van der Waals surface area (Å²) in [4.78, 5) is 4.28. The lowest BCUT2D eigenvalue weighted by Crippen LogP contribution is -2.18. The van der Waals surface area contributed by atoms with Crippen molar-refractivity contribution in [1.29, 1.82) is 0 Å². The van der Waals surface area contributed by atoms with Crippen molar-refractivity contribution in [2.24, 2.45) is 5.92 Å². The summed E-state index contributed by atoms with van der Waals surface area (Å²) in [5.74, 6) is 1.54. The number of benzene rings is 1. The molecule has 0 fully saturated rings. The Morgan fingerprint density at radius 3 is 2.63 bits per heavy atom. The quantitative estimate of drug-likeness (QED) is 0.883. The summed E-state index contributed by atoms with van der Waals surface area (Å²) in [6.07, 6.45) is 1.61. The first-order valence-corrected chi connectivity index (χ1v) is 6.85. The minimum Gasteiger partial charge on any atom is -0.306 e. The van der Waals surface area contributed by atoms with E-state index in [2.05, 4.69) is 29.2 Å². The predicted octanol–water partition coefficient (Wildman–Crippen LogP) is 2.88. The van der Waals surface area contributed by atoms with Crippen LogP contribution in [0.5, 0.6) is 0 Å². The van der Waals surface area contributed by atoms with E-state index in [0.717, 1.165) is 30.5 Å². The number of hydrogen-bond acceptors (Lipinski definition) is 3. The van der Waals surface area contributed by atoms with E-state index in [1.165, 1.54) is 5.56 Å². The van der Waals surface area contributed by atoms with Gasteiger partial charge in [0.25, 0.3) is 0 Å². The monoisotopic (exact) mass is 278 g/mol. The summed E-state index contributed by atoms with van der Waals surface area (Å²) in [5, 5.41) is 8.38. The Morgan fingerprint density at radius 1 is 1.21 bits per heavy atom. The summed E-state index contributed by atoms with van der Waals surface area (Å²) in [6.45, 7) is 6.76. The standard InChI is InChI=1S/C14H19ClN4/c1-11(2)9-19-14(17-10-18-19)8-16-7-12-3-5-13(15)6-4-12/h3-6,10-11,16H,7-9H2,1-2H3. The second-order valence-corrected chi connectivity index (χ2v) is 5.42.